The van der Waals surface area contributed by atoms with Crippen LogP contribution >= 0.6 is 23.1 Å². The number of hydrogen-bond donors (Lipinski definition) is 0. The van der Waals surface area contributed by atoms with Crippen LogP contribution in [0.1, 0.15) is 11.3 Å². The second-order valence-corrected chi connectivity index (χ2v) is 7.42. The van der Waals surface area contributed by atoms with Crippen molar-refractivity contribution in [2.75, 3.05) is 0 Å². The number of nitrogens with zero attached hydrogens (tertiary/aromatic N) is 4. The van der Waals surface area contributed by atoms with Crippen LogP contribution in [0.5, 0.6) is 0 Å². The number of benzene rings is 2. The first-order valence-corrected chi connectivity index (χ1v) is 9.76. The Labute approximate surface area is 154 Å². The Balaban J connectivity index is 1.49. The standard InChI is InChI=1S/C19H16N4S2/c1-14-6-5-7-15(10-14)18-21-16(11-24-18)12-25-19-22-20-13-23(19)17-8-3-2-4-9-17/h2-11,13H,12H2,1H3. The molecule has 0 aliphatic carbocycles. The predicted molar refractivity (Wildman–Crippen MR) is 103 cm³/mol. The topological polar surface area (TPSA) is 43.6 Å². The third-order valence-electron chi connectivity index (χ3n) is 3.72. The SMILES string of the molecule is Cc1cccc(-c2nc(CSc3nncn3-c3ccccc3)cs2)c1. The summed E-state index contributed by atoms with van der Waals surface area (Å²) in [5, 5.41) is 12.3. The van der Waals surface area contributed by atoms with Crippen molar-refractivity contribution >= 4 is 23.1 Å². The number of thiazole rings is 1. The van der Waals surface area contributed by atoms with Crippen LogP contribution in [0.4, 0.5) is 0 Å². The van der Waals surface area contributed by atoms with E-state index in [9.17, 15) is 0 Å². The van der Waals surface area contributed by atoms with Crippen molar-refractivity contribution < 1.29 is 0 Å². The molecule has 0 saturated heterocycles. The van der Waals surface area contributed by atoms with E-state index in [4.69, 9.17) is 4.98 Å². The van der Waals surface area contributed by atoms with Gasteiger partial charge in [-0.05, 0) is 25.1 Å². The highest BCUT2D eigenvalue weighted by molar-refractivity contribution is 7.98. The molecule has 0 bridgehead atoms. The molecule has 2 aromatic heterocycles. The van der Waals surface area contributed by atoms with Gasteiger partial charge in [-0.3, -0.25) is 4.57 Å². The molecule has 0 spiro atoms. The van der Waals surface area contributed by atoms with Crippen molar-refractivity contribution in [1.82, 2.24) is 19.7 Å². The van der Waals surface area contributed by atoms with Crippen LogP contribution in [0.2, 0.25) is 0 Å². The van der Waals surface area contributed by atoms with Gasteiger partial charge in [0.15, 0.2) is 5.16 Å². The zero-order valence-electron chi connectivity index (χ0n) is 13.7. The van der Waals surface area contributed by atoms with Gasteiger partial charge in [-0.1, -0.05) is 53.7 Å². The minimum absolute atomic E-state index is 0.772. The average molecular weight is 364 g/mol. The van der Waals surface area contributed by atoms with Gasteiger partial charge < -0.3 is 0 Å². The van der Waals surface area contributed by atoms with Crippen LogP contribution in [0.25, 0.3) is 16.3 Å². The molecule has 0 unspecified atom stereocenters. The summed E-state index contributed by atoms with van der Waals surface area (Å²) in [4.78, 5) is 4.76. The van der Waals surface area contributed by atoms with E-state index in [1.165, 1.54) is 11.1 Å². The van der Waals surface area contributed by atoms with E-state index in [0.29, 0.717) is 0 Å². The largest absolute Gasteiger partial charge is 0.277 e. The smallest absolute Gasteiger partial charge is 0.195 e. The first kappa shape index (κ1) is 16.1. The van der Waals surface area contributed by atoms with E-state index >= 15 is 0 Å². The van der Waals surface area contributed by atoms with E-state index in [-0.39, 0.29) is 0 Å². The lowest BCUT2D eigenvalue weighted by Crippen LogP contribution is -1.95. The van der Waals surface area contributed by atoms with Gasteiger partial charge in [0.1, 0.15) is 11.3 Å². The van der Waals surface area contributed by atoms with Gasteiger partial charge in [0.05, 0.1) is 5.69 Å². The molecule has 2 heterocycles. The minimum atomic E-state index is 0.772. The summed E-state index contributed by atoms with van der Waals surface area (Å²) in [6.07, 6.45) is 1.75. The van der Waals surface area contributed by atoms with Crippen molar-refractivity contribution in [2.24, 2.45) is 0 Å². The fourth-order valence-corrected chi connectivity index (χ4v) is 4.25. The third-order valence-corrected chi connectivity index (χ3v) is 5.63. The zero-order chi connectivity index (χ0) is 17.1. The monoisotopic (exact) mass is 364 g/mol. The quantitative estimate of drug-likeness (QED) is 0.468. The highest BCUT2D eigenvalue weighted by Crippen LogP contribution is 2.28. The lowest BCUT2D eigenvalue weighted by molar-refractivity contribution is 0.883. The van der Waals surface area contributed by atoms with E-state index in [1.807, 2.05) is 34.9 Å². The van der Waals surface area contributed by atoms with Gasteiger partial charge in [-0.25, -0.2) is 4.98 Å². The molecule has 0 N–H and O–H groups in total. The van der Waals surface area contributed by atoms with E-state index in [2.05, 4.69) is 46.8 Å². The summed E-state index contributed by atoms with van der Waals surface area (Å²) >= 11 is 3.33. The Morgan fingerprint density at radius 2 is 1.96 bits per heavy atom. The Hall–Kier alpha value is -2.44. The van der Waals surface area contributed by atoms with Crippen LogP contribution in [0.15, 0.2) is 71.5 Å². The van der Waals surface area contributed by atoms with Gasteiger partial charge in [-0.15, -0.1) is 21.5 Å². The van der Waals surface area contributed by atoms with Crippen LogP contribution in [0.3, 0.4) is 0 Å². The minimum Gasteiger partial charge on any atom is -0.277 e. The first-order valence-electron chi connectivity index (χ1n) is 7.89. The van der Waals surface area contributed by atoms with E-state index in [0.717, 1.165) is 27.3 Å². The molecule has 2 aromatic carbocycles. The van der Waals surface area contributed by atoms with Crippen LogP contribution in [-0.4, -0.2) is 19.7 Å². The highest BCUT2D eigenvalue weighted by atomic mass is 32.2. The van der Waals surface area contributed by atoms with E-state index in [1.54, 1.807) is 29.4 Å². The van der Waals surface area contributed by atoms with Crippen molar-refractivity contribution in [3.63, 3.8) is 0 Å². The normalized spacial score (nSPS) is 10.9. The zero-order valence-corrected chi connectivity index (χ0v) is 15.3. The molecule has 4 rings (SSSR count). The molecule has 0 amide bonds. The van der Waals surface area contributed by atoms with Crippen molar-refractivity contribution in [2.45, 2.75) is 17.8 Å². The van der Waals surface area contributed by atoms with Crippen molar-refractivity contribution in [3.05, 3.63) is 77.6 Å². The summed E-state index contributed by atoms with van der Waals surface area (Å²) in [5.41, 5.74) is 4.55. The Bertz CT molecular complexity index is 976. The molecule has 6 heteroatoms. The van der Waals surface area contributed by atoms with Crippen LogP contribution < -0.4 is 0 Å². The fourth-order valence-electron chi connectivity index (χ4n) is 2.51. The highest BCUT2D eigenvalue weighted by Gasteiger charge is 2.10. The van der Waals surface area contributed by atoms with Crippen molar-refractivity contribution in [1.29, 1.82) is 0 Å². The summed E-state index contributed by atoms with van der Waals surface area (Å²) in [6.45, 7) is 2.10. The molecule has 4 aromatic rings. The third kappa shape index (κ3) is 3.65. The summed E-state index contributed by atoms with van der Waals surface area (Å²) < 4.78 is 2.00. The second kappa shape index (κ2) is 7.21. The van der Waals surface area contributed by atoms with Gasteiger partial charge in [0, 0.05) is 22.4 Å². The average Bonchev–Trinajstić information content (AvgIpc) is 3.30. The molecular formula is C19H16N4S2. The summed E-state index contributed by atoms with van der Waals surface area (Å²) in [6, 6.07) is 18.6. The summed E-state index contributed by atoms with van der Waals surface area (Å²) in [5.74, 6) is 0.772. The molecule has 124 valence electrons. The number of rotatable bonds is 5. The maximum atomic E-state index is 4.76. The molecule has 0 atom stereocenters. The Kier molecular flexibility index (Phi) is 4.63. The molecule has 0 saturated carbocycles. The number of aromatic nitrogens is 4. The second-order valence-electron chi connectivity index (χ2n) is 5.62. The number of aryl methyl sites for hydroxylation is 1. The van der Waals surface area contributed by atoms with Crippen LogP contribution in [-0.2, 0) is 5.75 Å². The molecule has 0 aliphatic heterocycles. The molecule has 0 fully saturated rings. The lowest BCUT2D eigenvalue weighted by atomic mass is 10.1. The van der Waals surface area contributed by atoms with Gasteiger partial charge >= 0.3 is 0 Å². The fraction of sp³-hybridized carbons (Fsp3) is 0.105. The Morgan fingerprint density at radius 1 is 1.08 bits per heavy atom. The maximum Gasteiger partial charge on any atom is 0.195 e. The first-order chi connectivity index (χ1) is 12.3. The molecule has 0 radical (unpaired) electrons. The number of thioether (sulfide) groups is 1. The van der Waals surface area contributed by atoms with Crippen LogP contribution in [0, 0.1) is 6.92 Å². The predicted octanol–water partition coefficient (Wildman–Crippen LogP) is 4.99. The number of para-hydroxylation sites is 1. The molecule has 25 heavy (non-hydrogen) atoms. The number of hydrogen-bond acceptors (Lipinski definition) is 5. The molecule has 4 nitrogen and oxygen atoms in total. The molecular weight excluding hydrogens is 348 g/mol. The Morgan fingerprint density at radius 3 is 2.80 bits per heavy atom. The van der Waals surface area contributed by atoms with Crippen molar-refractivity contribution in [3.8, 4) is 16.3 Å². The maximum absolute atomic E-state index is 4.76. The van der Waals surface area contributed by atoms with Gasteiger partial charge in [0.25, 0.3) is 0 Å². The lowest BCUT2D eigenvalue weighted by Gasteiger charge is -2.04. The summed E-state index contributed by atoms with van der Waals surface area (Å²) in [7, 11) is 0. The molecule has 0 aliphatic rings. The van der Waals surface area contributed by atoms with Gasteiger partial charge in [-0.2, -0.15) is 0 Å². The van der Waals surface area contributed by atoms with E-state index < -0.39 is 0 Å². The van der Waals surface area contributed by atoms with Gasteiger partial charge in [0.2, 0.25) is 0 Å².